The van der Waals surface area contributed by atoms with Crippen molar-refractivity contribution in [3.8, 4) is 0 Å². The number of nitrogens with zero attached hydrogens (tertiary/aromatic N) is 2. The van der Waals surface area contributed by atoms with Crippen molar-refractivity contribution < 1.29 is 4.92 Å². The van der Waals surface area contributed by atoms with E-state index in [1.807, 2.05) is 31.2 Å². The first-order chi connectivity index (χ1) is 9.47. The van der Waals surface area contributed by atoms with Crippen molar-refractivity contribution >= 4 is 43.4 Å². The maximum Gasteiger partial charge on any atom is 0.288 e. The minimum absolute atomic E-state index is 0.0257. The van der Waals surface area contributed by atoms with Crippen molar-refractivity contribution in [2.75, 3.05) is 5.32 Å². The second-order valence-electron chi connectivity index (χ2n) is 4.20. The first-order valence-corrected chi connectivity index (χ1v) is 7.38. The Bertz CT molecular complexity index is 649. The minimum Gasteiger partial charge on any atom is -0.363 e. The lowest BCUT2D eigenvalue weighted by Gasteiger charge is -2.16. The number of aromatic nitrogens is 1. The van der Waals surface area contributed by atoms with Crippen LogP contribution in [0.2, 0.25) is 0 Å². The van der Waals surface area contributed by atoms with Crippen LogP contribution in [0.25, 0.3) is 0 Å². The number of halogens is 2. The summed E-state index contributed by atoms with van der Waals surface area (Å²) in [4.78, 5) is 14.3. The summed E-state index contributed by atoms with van der Waals surface area (Å²) in [6.07, 6.45) is 1.24. The summed E-state index contributed by atoms with van der Waals surface area (Å²) in [5.74, 6) is 0.572. The summed E-state index contributed by atoms with van der Waals surface area (Å²) in [5, 5.41) is 13.9. The molecule has 0 aliphatic rings. The Morgan fingerprint density at radius 3 is 2.70 bits per heavy atom. The average Bonchev–Trinajstić information content (AvgIpc) is 2.40. The first-order valence-electron chi connectivity index (χ1n) is 5.79. The van der Waals surface area contributed by atoms with Gasteiger partial charge in [0.2, 0.25) is 0 Å². The number of hydrogen-bond acceptors (Lipinski definition) is 4. The SMILES string of the molecule is CC(Nc1ncc([N+](=O)[O-])cc1Br)c1cccc(Br)c1. The molecule has 5 nitrogen and oxygen atoms in total. The van der Waals surface area contributed by atoms with Crippen molar-refractivity contribution in [2.24, 2.45) is 0 Å². The van der Waals surface area contributed by atoms with E-state index in [2.05, 4.69) is 42.2 Å². The van der Waals surface area contributed by atoms with Crippen LogP contribution in [0.3, 0.4) is 0 Å². The summed E-state index contributed by atoms with van der Waals surface area (Å²) in [7, 11) is 0. The van der Waals surface area contributed by atoms with E-state index in [1.165, 1.54) is 12.3 Å². The van der Waals surface area contributed by atoms with Gasteiger partial charge in [-0.2, -0.15) is 0 Å². The molecule has 1 atom stereocenters. The standard InChI is InChI=1S/C13H11Br2N3O2/c1-8(9-3-2-4-10(14)5-9)17-13-12(15)6-11(7-16-13)18(19)20/h2-8H,1H3,(H,16,17). The molecule has 1 N–H and O–H groups in total. The van der Waals surface area contributed by atoms with Crippen LogP contribution in [-0.2, 0) is 0 Å². The lowest BCUT2D eigenvalue weighted by atomic mass is 10.1. The summed E-state index contributed by atoms with van der Waals surface area (Å²) in [6, 6.07) is 9.38. The Hall–Kier alpha value is -1.47. The predicted octanol–water partition coefficient (Wildman–Crippen LogP) is 4.69. The number of nitrogens with one attached hydrogen (secondary N) is 1. The summed E-state index contributed by atoms with van der Waals surface area (Å²) in [5.41, 5.74) is 1.05. The van der Waals surface area contributed by atoms with Crippen molar-refractivity contribution in [3.05, 3.63) is 61.2 Å². The Balaban J connectivity index is 2.19. The van der Waals surface area contributed by atoms with E-state index in [1.54, 1.807) is 0 Å². The molecule has 1 aromatic heterocycles. The van der Waals surface area contributed by atoms with Gasteiger partial charge in [-0.3, -0.25) is 10.1 Å². The molecule has 0 saturated carbocycles. The molecular formula is C13H11Br2N3O2. The number of rotatable bonds is 4. The van der Waals surface area contributed by atoms with Gasteiger partial charge >= 0.3 is 0 Å². The molecule has 20 heavy (non-hydrogen) atoms. The van der Waals surface area contributed by atoms with E-state index >= 15 is 0 Å². The second-order valence-corrected chi connectivity index (χ2v) is 5.97. The first kappa shape index (κ1) is 14.9. The molecule has 0 spiro atoms. The molecule has 0 fully saturated rings. The van der Waals surface area contributed by atoms with Crippen molar-refractivity contribution in [3.63, 3.8) is 0 Å². The normalized spacial score (nSPS) is 11.9. The topological polar surface area (TPSA) is 68.1 Å². The Kier molecular flexibility index (Phi) is 4.72. The van der Waals surface area contributed by atoms with Crippen molar-refractivity contribution in [1.29, 1.82) is 0 Å². The molecule has 104 valence electrons. The van der Waals surface area contributed by atoms with Gasteiger partial charge in [-0.15, -0.1) is 0 Å². The monoisotopic (exact) mass is 399 g/mol. The fourth-order valence-corrected chi connectivity index (χ4v) is 2.57. The van der Waals surface area contributed by atoms with Gasteiger partial charge in [-0.05, 0) is 40.5 Å². The quantitative estimate of drug-likeness (QED) is 0.597. The van der Waals surface area contributed by atoms with Crippen LogP contribution in [0.1, 0.15) is 18.5 Å². The smallest absolute Gasteiger partial charge is 0.288 e. The molecule has 0 aliphatic carbocycles. The van der Waals surface area contributed by atoms with Gasteiger partial charge in [0.25, 0.3) is 5.69 Å². The largest absolute Gasteiger partial charge is 0.363 e. The van der Waals surface area contributed by atoms with E-state index < -0.39 is 4.92 Å². The molecule has 0 bridgehead atoms. The third-order valence-electron chi connectivity index (χ3n) is 2.74. The van der Waals surface area contributed by atoms with Crippen LogP contribution >= 0.6 is 31.9 Å². The molecule has 0 amide bonds. The highest BCUT2D eigenvalue weighted by Gasteiger charge is 2.13. The third kappa shape index (κ3) is 3.55. The maximum absolute atomic E-state index is 10.7. The number of hydrogen-bond donors (Lipinski definition) is 1. The van der Waals surface area contributed by atoms with E-state index in [0.29, 0.717) is 10.3 Å². The molecule has 2 aromatic rings. The molecule has 1 unspecified atom stereocenters. The van der Waals surface area contributed by atoms with Gasteiger partial charge in [0.15, 0.2) is 0 Å². The third-order valence-corrected chi connectivity index (χ3v) is 3.84. The number of anilines is 1. The van der Waals surface area contributed by atoms with Crippen LogP contribution in [-0.4, -0.2) is 9.91 Å². The van der Waals surface area contributed by atoms with Crippen LogP contribution in [0.15, 0.2) is 45.5 Å². The van der Waals surface area contributed by atoms with Gasteiger partial charge < -0.3 is 5.32 Å². The Labute approximate surface area is 132 Å². The lowest BCUT2D eigenvalue weighted by molar-refractivity contribution is -0.385. The highest BCUT2D eigenvalue weighted by Crippen LogP contribution is 2.28. The number of benzene rings is 1. The Morgan fingerprint density at radius 1 is 1.35 bits per heavy atom. The fourth-order valence-electron chi connectivity index (χ4n) is 1.70. The zero-order valence-corrected chi connectivity index (χ0v) is 13.7. The summed E-state index contributed by atoms with van der Waals surface area (Å²) < 4.78 is 1.56. The highest BCUT2D eigenvalue weighted by atomic mass is 79.9. The van der Waals surface area contributed by atoms with Gasteiger partial charge in [0, 0.05) is 10.5 Å². The van der Waals surface area contributed by atoms with Gasteiger partial charge in [0.1, 0.15) is 12.0 Å². The molecule has 1 aromatic carbocycles. The lowest BCUT2D eigenvalue weighted by Crippen LogP contribution is -2.08. The van der Waals surface area contributed by atoms with E-state index in [9.17, 15) is 10.1 Å². The fraction of sp³-hybridized carbons (Fsp3) is 0.154. The number of pyridine rings is 1. The molecule has 0 saturated heterocycles. The van der Waals surface area contributed by atoms with Gasteiger partial charge in [-0.25, -0.2) is 4.98 Å². The van der Waals surface area contributed by atoms with Gasteiger partial charge in [-0.1, -0.05) is 28.1 Å². The Morgan fingerprint density at radius 2 is 2.10 bits per heavy atom. The van der Waals surface area contributed by atoms with Crippen LogP contribution in [0, 0.1) is 10.1 Å². The minimum atomic E-state index is -0.473. The molecule has 2 rings (SSSR count). The van der Waals surface area contributed by atoms with E-state index in [-0.39, 0.29) is 11.7 Å². The number of nitro groups is 1. The molecule has 7 heteroatoms. The van der Waals surface area contributed by atoms with E-state index in [0.717, 1.165) is 10.0 Å². The summed E-state index contributed by atoms with van der Waals surface area (Å²) in [6.45, 7) is 2.00. The second kappa shape index (κ2) is 6.32. The predicted molar refractivity (Wildman–Crippen MR) is 84.8 cm³/mol. The zero-order chi connectivity index (χ0) is 14.7. The molecular weight excluding hydrogens is 390 g/mol. The highest BCUT2D eigenvalue weighted by molar-refractivity contribution is 9.10. The average molecular weight is 401 g/mol. The van der Waals surface area contributed by atoms with Gasteiger partial charge in [0.05, 0.1) is 15.4 Å². The van der Waals surface area contributed by atoms with Crippen molar-refractivity contribution in [2.45, 2.75) is 13.0 Å². The maximum atomic E-state index is 10.7. The van der Waals surface area contributed by atoms with E-state index in [4.69, 9.17) is 0 Å². The molecule has 0 radical (unpaired) electrons. The van der Waals surface area contributed by atoms with Crippen molar-refractivity contribution in [1.82, 2.24) is 4.98 Å². The van der Waals surface area contributed by atoms with Crippen LogP contribution in [0.4, 0.5) is 11.5 Å². The molecule has 1 heterocycles. The van der Waals surface area contributed by atoms with Crippen LogP contribution < -0.4 is 5.32 Å². The van der Waals surface area contributed by atoms with Crippen LogP contribution in [0.5, 0.6) is 0 Å². The molecule has 0 aliphatic heterocycles. The zero-order valence-electron chi connectivity index (χ0n) is 10.5. The summed E-state index contributed by atoms with van der Waals surface area (Å²) >= 11 is 6.72.